The van der Waals surface area contributed by atoms with Crippen LogP contribution in [0.25, 0.3) is 0 Å². The summed E-state index contributed by atoms with van der Waals surface area (Å²) in [6.07, 6.45) is 2.31. The molecule has 0 atom stereocenters. The lowest BCUT2D eigenvalue weighted by Gasteiger charge is -2.08. The van der Waals surface area contributed by atoms with Crippen LogP contribution >= 0.6 is 22.6 Å². The van der Waals surface area contributed by atoms with Crippen LogP contribution < -0.4 is 5.32 Å². The maximum atomic E-state index is 10.6. The fourth-order valence-corrected chi connectivity index (χ4v) is 2.22. The summed E-state index contributed by atoms with van der Waals surface area (Å²) in [7, 11) is 0. The summed E-state index contributed by atoms with van der Waals surface area (Å²) in [4.78, 5) is 10.3. The second kappa shape index (κ2) is 6.78. The van der Waals surface area contributed by atoms with Gasteiger partial charge in [0.2, 0.25) is 0 Å². The third-order valence-corrected chi connectivity index (χ3v) is 3.30. The zero-order valence-corrected chi connectivity index (χ0v) is 12.2. The lowest BCUT2D eigenvalue weighted by Crippen LogP contribution is -2.03. The minimum absolute atomic E-state index is 0.165. The van der Waals surface area contributed by atoms with Gasteiger partial charge in [0.05, 0.1) is 8.49 Å². The third-order valence-electron chi connectivity index (χ3n) is 2.43. The molecule has 0 saturated heterocycles. The normalized spacial score (nSPS) is 10.6. The Balaban J connectivity index is 2.50. The van der Waals surface area contributed by atoms with Crippen LogP contribution in [0.1, 0.15) is 26.7 Å². The Kier molecular flexibility index (Phi) is 5.67. The third kappa shape index (κ3) is 4.89. The molecular weight excluding hydrogens is 331 g/mol. The molecule has 5 heteroatoms. The van der Waals surface area contributed by atoms with E-state index in [1.54, 1.807) is 12.1 Å². The van der Waals surface area contributed by atoms with E-state index in [1.807, 2.05) is 28.7 Å². The molecule has 0 aliphatic rings. The zero-order chi connectivity index (χ0) is 12.8. The van der Waals surface area contributed by atoms with Crippen LogP contribution in [0.3, 0.4) is 0 Å². The van der Waals surface area contributed by atoms with Crippen molar-refractivity contribution < 1.29 is 4.92 Å². The van der Waals surface area contributed by atoms with E-state index in [4.69, 9.17) is 0 Å². The van der Waals surface area contributed by atoms with E-state index >= 15 is 0 Å². The van der Waals surface area contributed by atoms with Crippen molar-refractivity contribution in [2.24, 2.45) is 5.92 Å². The standard InChI is InChI=1S/C12H17IN2O2/c1-9(2)4-3-7-14-10-5-6-12(15(16)17)11(13)8-10/h5-6,8-9,14H,3-4,7H2,1-2H3. The highest BCUT2D eigenvalue weighted by Crippen LogP contribution is 2.24. The number of hydrogen-bond donors (Lipinski definition) is 1. The molecular formula is C12H17IN2O2. The Bertz CT molecular complexity index is 394. The van der Waals surface area contributed by atoms with E-state index in [0.29, 0.717) is 9.49 Å². The first kappa shape index (κ1) is 14.2. The Hall–Kier alpha value is -0.850. The first-order valence-corrected chi connectivity index (χ1v) is 6.76. The van der Waals surface area contributed by atoms with Crippen LogP contribution in [0.15, 0.2) is 18.2 Å². The van der Waals surface area contributed by atoms with Gasteiger partial charge in [-0.25, -0.2) is 0 Å². The van der Waals surface area contributed by atoms with Gasteiger partial charge >= 0.3 is 0 Å². The summed E-state index contributed by atoms with van der Waals surface area (Å²) in [5.74, 6) is 0.716. The van der Waals surface area contributed by atoms with Gasteiger partial charge in [0.15, 0.2) is 0 Å². The smallest absolute Gasteiger partial charge is 0.282 e. The van der Waals surface area contributed by atoms with Crippen LogP contribution in [0, 0.1) is 19.6 Å². The molecule has 0 aliphatic heterocycles. The van der Waals surface area contributed by atoms with Crippen LogP contribution in [0.2, 0.25) is 0 Å². The molecule has 0 heterocycles. The number of nitrogens with zero attached hydrogens (tertiary/aromatic N) is 1. The SMILES string of the molecule is CC(C)CCCNc1ccc([N+](=O)[O-])c(I)c1. The van der Waals surface area contributed by atoms with Crippen molar-refractivity contribution in [3.05, 3.63) is 31.9 Å². The highest BCUT2D eigenvalue weighted by atomic mass is 127. The second-order valence-corrected chi connectivity index (χ2v) is 5.55. The summed E-state index contributed by atoms with van der Waals surface area (Å²) >= 11 is 1.99. The van der Waals surface area contributed by atoms with Crippen LogP contribution in [-0.2, 0) is 0 Å². The lowest BCUT2D eigenvalue weighted by molar-refractivity contribution is -0.385. The lowest BCUT2D eigenvalue weighted by atomic mass is 10.1. The maximum absolute atomic E-state index is 10.6. The zero-order valence-electron chi connectivity index (χ0n) is 10.1. The maximum Gasteiger partial charge on any atom is 0.282 e. The molecule has 0 spiro atoms. The Morgan fingerprint density at radius 3 is 2.71 bits per heavy atom. The van der Waals surface area contributed by atoms with Gasteiger partial charge in [0.25, 0.3) is 5.69 Å². The van der Waals surface area contributed by atoms with Crippen LogP contribution in [0.5, 0.6) is 0 Å². The largest absolute Gasteiger partial charge is 0.385 e. The number of nitrogens with one attached hydrogen (secondary N) is 1. The van der Waals surface area contributed by atoms with E-state index in [1.165, 1.54) is 6.42 Å². The van der Waals surface area contributed by atoms with Gasteiger partial charge in [0, 0.05) is 18.3 Å². The molecule has 1 aromatic carbocycles. The van der Waals surface area contributed by atoms with E-state index in [9.17, 15) is 10.1 Å². The predicted molar refractivity (Wildman–Crippen MR) is 78.4 cm³/mol. The Morgan fingerprint density at radius 1 is 1.47 bits per heavy atom. The Morgan fingerprint density at radius 2 is 2.18 bits per heavy atom. The minimum Gasteiger partial charge on any atom is -0.385 e. The average molecular weight is 348 g/mol. The Labute approximate surface area is 115 Å². The predicted octanol–water partition coefficient (Wildman–Crippen LogP) is 4.05. The van der Waals surface area contributed by atoms with Gasteiger partial charge in [-0.1, -0.05) is 13.8 Å². The van der Waals surface area contributed by atoms with Gasteiger partial charge in [-0.15, -0.1) is 0 Å². The molecule has 0 bridgehead atoms. The number of halogens is 1. The second-order valence-electron chi connectivity index (χ2n) is 4.39. The van der Waals surface area contributed by atoms with Gasteiger partial charge in [-0.2, -0.15) is 0 Å². The van der Waals surface area contributed by atoms with Crippen molar-refractivity contribution in [2.75, 3.05) is 11.9 Å². The summed E-state index contributed by atoms with van der Waals surface area (Å²) < 4.78 is 0.668. The van der Waals surface area contributed by atoms with E-state index in [0.717, 1.165) is 18.7 Å². The molecule has 94 valence electrons. The topological polar surface area (TPSA) is 55.2 Å². The van der Waals surface area contributed by atoms with Gasteiger partial charge in [-0.3, -0.25) is 10.1 Å². The fraction of sp³-hybridized carbons (Fsp3) is 0.500. The molecule has 4 nitrogen and oxygen atoms in total. The first-order valence-electron chi connectivity index (χ1n) is 5.68. The van der Waals surface area contributed by atoms with E-state index in [2.05, 4.69) is 19.2 Å². The van der Waals surface area contributed by atoms with Gasteiger partial charge in [0.1, 0.15) is 0 Å². The molecule has 1 aromatic rings. The van der Waals surface area contributed by atoms with E-state index in [-0.39, 0.29) is 10.6 Å². The summed E-state index contributed by atoms with van der Waals surface area (Å²) in [6.45, 7) is 5.32. The molecule has 1 N–H and O–H groups in total. The average Bonchev–Trinajstić information content (AvgIpc) is 2.23. The fourth-order valence-electron chi connectivity index (χ4n) is 1.51. The summed E-state index contributed by atoms with van der Waals surface area (Å²) in [5.41, 5.74) is 1.11. The number of anilines is 1. The molecule has 0 saturated carbocycles. The van der Waals surface area contributed by atoms with Crippen LogP contribution in [0.4, 0.5) is 11.4 Å². The number of nitro benzene ring substituents is 1. The highest BCUT2D eigenvalue weighted by molar-refractivity contribution is 14.1. The van der Waals surface area contributed by atoms with Crippen molar-refractivity contribution >= 4 is 34.0 Å². The molecule has 0 radical (unpaired) electrons. The van der Waals surface area contributed by atoms with Crippen molar-refractivity contribution in [3.63, 3.8) is 0 Å². The van der Waals surface area contributed by atoms with Crippen molar-refractivity contribution in [2.45, 2.75) is 26.7 Å². The monoisotopic (exact) mass is 348 g/mol. The first-order chi connectivity index (χ1) is 8.00. The van der Waals surface area contributed by atoms with Gasteiger partial charge < -0.3 is 5.32 Å². The molecule has 0 unspecified atom stereocenters. The molecule has 17 heavy (non-hydrogen) atoms. The number of nitro groups is 1. The summed E-state index contributed by atoms with van der Waals surface area (Å²) in [5, 5.41) is 13.9. The van der Waals surface area contributed by atoms with Crippen molar-refractivity contribution in [3.8, 4) is 0 Å². The summed E-state index contributed by atoms with van der Waals surface area (Å²) in [6, 6.07) is 5.12. The molecule has 0 amide bonds. The molecule has 0 aliphatic carbocycles. The van der Waals surface area contributed by atoms with Crippen molar-refractivity contribution in [1.82, 2.24) is 0 Å². The quantitative estimate of drug-likeness (QED) is 0.365. The van der Waals surface area contributed by atoms with Crippen molar-refractivity contribution in [1.29, 1.82) is 0 Å². The number of benzene rings is 1. The van der Waals surface area contributed by atoms with Crippen LogP contribution in [-0.4, -0.2) is 11.5 Å². The molecule has 1 rings (SSSR count). The van der Waals surface area contributed by atoms with Gasteiger partial charge in [-0.05, 0) is 53.5 Å². The molecule has 0 fully saturated rings. The number of rotatable bonds is 6. The van der Waals surface area contributed by atoms with E-state index < -0.39 is 0 Å². The minimum atomic E-state index is -0.357. The molecule has 0 aromatic heterocycles. The highest BCUT2D eigenvalue weighted by Gasteiger charge is 2.11. The number of hydrogen-bond acceptors (Lipinski definition) is 3.